The predicted octanol–water partition coefficient (Wildman–Crippen LogP) is 3.44. The summed E-state index contributed by atoms with van der Waals surface area (Å²) in [6.45, 7) is 3.34. The van der Waals surface area contributed by atoms with Crippen molar-refractivity contribution >= 4 is 22.6 Å². The number of ether oxygens (including phenoxy) is 4. The quantitative estimate of drug-likeness (QED) is 0.799. The number of fused-ring (bicyclic) bond motifs is 1. The molecule has 156 valence electrons. The number of thioether (sulfide) groups is 1. The summed E-state index contributed by atoms with van der Waals surface area (Å²) in [5.41, 5.74) is 1.44. The highest BCUT2D eigenvalue weighted by atomic mass is 32.2. The normalized spacial score (nSPS) is 19.4. The molecule has 0 spiro atoms. The number of aliphatic imine (C=N–C) groups is 1. The number of hydrogen-bond donors (Lipinski definition) is 1. The largest absolute Gasteiger partial charge is 0.493 e. The van der Waals surface area contributed by atoms with Crippen LogP contribution in [-0.2, 0) is 4.74 Å². The van der Waals surface area contributed by atoms with Crippen LogP contribution in [0.2, 0.25) is 0 Å². The molecular formula is C20H25N3O5S. The molecule has 1 aromatic carbocycles. The third-order valence-electron chi connectivity index (χ3n) is 5.30. The van der Waals surface area contributed by atoms with E-state index in [4.69, 9.17) is 23.9 Å². The van der Waals surface area contributed by atoms with E-state index in [9.17, 15) is 4.79 Å². The smallest absolute Gasteiger partial charge is 0.271 e. The Balaban J connectivity index is 1.83. The molecule has 1 N–H and O–H groups in total. The first kappa shape index (κ1) is 19.9. The molecule has 2 aromatic rings. The maximum Gasteiger partial charge on any atom is 0.271 e. The molecule has 2 aliphatic rings. The van der Waals surface area contributed by atoms with Gasteiger partial charge in [-0.15, -0.1) is 0 Å². The summed E-state index contributed by atoms with van der Waals surface area (Å²) < 4.78 is 23.8. The monoisotopic (exact) mass is 419 g/mol. The first-order valence-electron chi connectivity index (χ1n) is 9.51. The lowest BCUT2D eigenvalue weighted by Gasteiger charge is -2.26. The van der Waals surface area contributed by atoms with Gasteiger partial charge in [0, 0.05) is 13.2 Å². The second-order valence-electron chi connectivity index (χ2n) is 6.98. The number of H-pyrrole nitrogens is 1. The molecule has 2 aliphatic heterocycles. The molecule has 0 aliphatic carbocycles. The molecule has 3 heterocycles. The molecule has 0 radical (unpaired) electrons. The second kappa shape index (κ2) is 8.16. The molecule has 1 fully saturated rings. The zero-order valence-corrected chi connectivity index (χ0v) is 17.8. The van der Waals surface area contributed by atoms with E-state index >= 15 is 0 Å². The maximum absolute atomic E-state index is 13.0. The molecule has 8 nitrogen and oxygen atoms in total. The number of methoxy groups -OCH3 is 3. The van der Waals surface area contributed by atoms with E-state index in [2.05, 4.69) is 5.10 Å². The van der Waals surface area contributed by atoms with E-state index in [1.165, 1.54) is 0 Å². The van der Waals surface area contributed by atoms with Gasteiger partial charge in [-0.05, 0) is 37.5 Å². The molecule has 9 heteroatoms. The van der Waals surface area contributed by atoms with Crippen LogP contribution < -0.4 is 19.8 Å². The van der Waals surface area contributed by atoms with Crippen molar-refractivity contribution in [3.63, 3.8) is 0 Å². The zero-order valence-electron chi connectivity index (χ0n) is 17.0. The Bertz CT molecular complexity index is 965. The zero-order chi connectivity index (χ0) is 20.5. The van der Waals surface area contributed by atoms with Crippen LogP contribution in [0.3, 0.4) is 0 Å². The number of nitrogens with one attached hydrogen (secondary N) is 1. The number of nitrogens with zero attached hydrogens (tertiary/aromatic N) is 2. The van der Waals surface area contributed by atoms with Crippen molar-refractivity contribution in [2.45, 2.75) is 31.1 Å². The summed E-state index contributed by atoms with van der Waals surface area (Å²) in [4.78, 5) is 17.7. The Kier molecular flexibility index (Phi) is 5.60. The molecular weight excluding hydrogens is 394 g/mol. The van der Waals surface area contributed by atoms with Crippen LogP contribution >= 0.6 is 11.8 Å². The summed E-state index contributed by atoms with van der Waals surface area (Å²) in [6, 6.07) is 3.97. The molecule has 1 saturated heterocycles. The van der Waals surface area contributed by atoms with Crippen molar-refractivity contribution in [3.05, 3.63) is 33.6 Å². The third kappa shape index (κ3) is 3.53. The third-order valence-corrected chi connectivity index (χ3v) is 6.47. The molecule has 0 bridgehead atoms. The number of rotatable bonds is 5. The molecule has 4 rings (SSSR count). The maximum atomic E-state index is 13.0. The van der Waals surface area contributed by atoms with Crippen LogP contribution in [0, 0.1) is 0 Å². The van der Waals surface area contributed by atoms with Gasteiger partial charge >= 0.3 is 0 Å². The van der Waals surface area contributed by atoms with E-state index < -0.39 is 0 Å². The van der Waals surface area contributed by atoms with Crippen molar-refractivity contribution in [2.75, 3.05) is 34.5 Å². The van der Waals surface area contributed by atoms with Crippen molar-refractivity contribution in [3.8, 4) is 17.2 Å². The van der Waals surface area contributed by atoms with Gasteiger partial charge in [0.2, 0.25) is 5.75 Å². The highest BCUT2D eigenvalue weighted by Crippen LogP contribution is 2.48. The summed E-state index contributed by atoms with van der Waals surface area (Å²) in [6.07, 6.45) is 1.71. The first-order valence-corrected chi connectivity index (χ1v) is 10.4. The SMILES string of the molecule is COc1cc(C2SC(C)=Nc3c2c(=O)[nH]n3C2CCOCC2)cc(OC)c1OC. The molecule has 1 aromatic heterocycles. The lowest BCUT2D eigenvalue weighted by molar-refractivity contribution is 0.0666. The van der Waals surface area contributed by atoms with Gasteiger partial charge in [0.05, 0.1) is 43.2 Å². The van der Waals surface area contributed by atoms with Crippen LogP contribution in [-0.4, -0.2) is 49.4 Å². The lowest BCUT2D eigenvalue weighted by Crippen LogP contribution is -2.21. The average molecular weight is 420 g/mol. The van der Waals surface area contributed by atoms with Crippen molar-refractivity contribution in [2.24, 2.45) is 4.99 Å². The van der Waals surface area contributed by atoms with Crippen LogP contribution in [0.15, 0.2) is 21.9 Å². The Morgan fingerprint density at radius 2 is 1.79 bits per heavy atom. The Hall–Kier alpha value is -2.39. The van der Waals surface area contributed by atoms with Gasteiger partial charge in [0.1, 0.15) is 0 Å². The van der Waals surface area contributed by atoms with Gasteiger partial charge in [-0.1, -0.05) is 11.8 Å². The molecule has 0 amide bonds. The molecule has 1 atom stereocenters. The van der Waals surface area contributed by atoms with Gasteiger partial charge in [-0.2, -0.15) is 0 Å². The van der Waals surface area contributed by atoms with Gasteiger partial charge in [-0.3, -0.25) is 14.6 Å². The van der Waals surface area contributed by atoms with Gasteiger partial charge in [-0.25, -0.2) is 4.99 Å². The highest BCUT2D eigenvalue weighted by molar-refractivity contribution is 8.14. The van der Waals surface area contributed by atoms with Crippen molar-refractivity contribution < 1.29 is 18.9 Å². The fourth-order valence-corrected chi connectivity index (χ4v) is 4.99. The molecule has 1 unspecified atom stereocenters. The minimum absolute atomic E-state index is 0.117. The number of benzene rings is 1. The summed E-state index contributed by atoms with van der Waals surface area (Å²) in [5, 5.41) is 3.70. The fraction of sp³-hybridized carbons (Fsp3) is 0.500. The Morgan fingerprint density at radius 1 is 1.14 bits per heavy atom. The Labute approximate surface area is 173 Å². The minimum atomic E-state index is -0.221. The van der Waals surface area contributed by atoms with E-state index in [0.29, 0.717) is 41.8 Å². The predicted molar refractivity (Wildman–Crippen MR) is 112 cm³/mol. The first-order chi connectivity index (χ1) is 14.1. The average Bonchev–Trinajstić information content (AvgIpc) is 3.08. The van der Waals surface area contributed by atoms with Gasteiger partial charge < -0.3 is 18.9 Å². The number of aromatic nitrogens is 2. The lowest BCUT2D eigenvalue weighted by atomic mass is 10.0. The number of aromatic amines is 1. The van der Waals surface area contributed by atoms with E-state index in [-0.39, 0.29) is 16.9 Å². The van der Waals surface area contributed by atoms with Crippen LogP contribution in [0.5, 0.6) is 17.2 Å². The van der Waals surface area contributed by atoms with E-state index in [1.54, 1.807) is 33.1 Å². The minimum Gasteiger partial charge on any atom is -0.493 e. The molecule has 0 saturated carbocycles. The second-order valence-corrected chi connectivity index (χ2v) is 8.28. The standard InChI is InChI=1S/C20H25N3O5S/c1-11-21-19-16(20(24)22-23(19)13-5-7-28-8-6-13)18(29-11)12-9-14(25-2)17(27-4)15(10-12)26-3/h9-10,13,18H,5-8H2,1-4H3,(H,22,24). The van der Waals surface area contributed by atoms with Crippen LogP contribution in [0.25, 0.3) is 0 Å². The van der Waals surface area contributed by atoms with Crippen molar-refractivity contribution in [1.82, 2.24) is 9.78 Å². The van der Waals surface area contributed by atoms with E-state index in [1.807, 2.05) is 23.7 Å². The topological polar surface area (TPSA) is 87.1 Å². The highest BCUT2D eigenvalue weighted by Gasteiger charge is 2.33. The Morgan fingerprint density at radius 3 is 2.38 bits per heavy atom. The summed E-state index contributed by atoms with van der Waals surface area (Å²) >= 11 is 1.55. The van der Waals surface area contributed by atoms with Crippen molar-refractivity contribution in [1.29, 1.82) is 0 Å². The molecule has 29 heavy (non-hydrogen) atoms. The van der Waals surface area contributed by atoms with Gasteiger partial charge in [0.15, 0.2) is 17.3 Å². The van der Waals surface area contributed by atoms with E-state index in [0.717, 1.165) is 23.4 Å². The number of hydrogen-bond acceptors (Lipinski definition) is 7. The van der Waals surface area contributed by atoms with Crippen LogP contribution in [0.4, 0.5) is 5.82 Å². The summed E-state index contributed by atoms with van der Waals surface area (Å²) in [7, 11) is 4.74. The van der Waals surface area contributed by atoms with Gasteiger partial charge in [0.25, 0.3) is 5.56 Å². The van der Waals surface area contributed by atoms with Crippen LogP contribution in [0.1, 0.15) is 42.2 Å². The summed E-state index contributed by atoms with van der Waals surface area (Å²) in [5.74, 6) is 2.35. The fourth-order valence-electron chi connectivity index (χ4n) is 3.90.